The highest BCUT2D eigenvalue weighted by molar-refractivity contribution is 5.98. The van der Waals surface area contributed by atoms with Crippen molar-refractivity contribution in [1.82, 2.24) is 20.2 Å². The van der Waals surface area contributed by atoms with Crippen LogP contribution in [-0.2, 0) is 20.7 Å². The number of rotatable bonds is 11. The molecule has 0 bridgehead atoms. The van der Waals surface area contributed by atoms with Crippen LogP contribution >= 0.6 is 0 Å². The monoisotopic (exact) mass is 629 g/mol. The van der Waals surface area contributed by atoms with Crippen LogP contribution in [-0.4, -0.2) is 66.1 Å². The number of piperidine rings is 1. The van der Waals surface area contributed by atoms with E-state index in [-0.39, 0.29) is 17.9 Å². The lowest BCUT2D eigenvalue weighted by Crippen LogP contribution is -2.51. The van der Waals surface area contributed by atoms with Crippen LogP contribution in [0.5, 0.6) is 5.75 Å². The summed E-state index contributed by atoms with van der Waals surface area (Å²) in [4.78, 5) is 49.7. The van der Waals surface area contributed by atoms with Crippen LogP contribution in [0.4, 0.5) is 10.5 Å². The van der Waals surface area contributed by atoms with Crippen LogP contribution in [0.2, 0.25) is 0 Å². The first-order valence-corrected chi connectivity index (χ1v) is 16.6. The molecule has 0 spiro atoms. The highest BCUT2D eigenvalue weighted by atomic mass is 16.5. The molecule has 2 heterocycles. The van der Waals surface area contributed by atoms with Gasteiger partial charge in [0.2, 0.25) is 5.91 Å². The van der Waals surface area contributed by atoms with Crippen molar-refractivity contribution in [3.05, 3.63) is 66.2 Å². The third-order valence-electron chi connectivity index (χ3n) is 9.83. The van der Waals surface area contributed by atoms with Crippen molar-refractivity contribution in [1.29, 1.82) is 0 Å². The molecule has 3 aromatic rings. The van der Waals surface area contributed by atoms with Crippen LogP contribution in [0.1, 0.15) is 76.0 Å². The Hall–Kier alpha value is -4.34. The second-order valence-electron chi connectivity index (χ2n) is 12.4. The third-order valence-corrected chi connectivity index (χ3v) is 9.83. The van der Waals surface area contributed by atoms with Crippen LogP contribution in [0.25, 0.3) is 11.1 Å². The summed E-state index contributed by atoms with van der Waals surface area (Å²) in [7, 11) is 1.62. The van der Waals surface area contributed by atoms with E-state index in [0.29, 0.717) is 57.1 Å². The molecule has 2 aromatic carbocycles. The Morgan fingerprint density at radius 3 is 2.46 bits per heavy atom. The molecule has 2 fully saturated rings. The van der Waals surface area contributed by atoms with E-state index in [9.17, 15) is 14.4 Å². The quantitative estimate of drug-likeness (QED) is 0.214. The zero-order chi connectivity index (χ0) is 32.5. The van der Waals surface area contributed by atoms with Gasteiger partial charge < -0.3 is 30.0 Å². The molecule has 3 amide bonds. The maximum absolute atomic E-state index is 14.1. The Bertz CT molecular complexity index is 1460. The Labute approximate surface area is 271 Å². The van der Waals surface area contributed by atoms with E-state index < -0.39 is 11.3 Å². The number of hydrogen-bond donors (Lipinski definition) is 3. The summed E-state index contributed by atoms with van der Waals surface area (Å²) in [5, 5.41) is 5.99. The van der Waals surface area contributed by atoms with Gasteiger partial charge in [-0.1, -0.05) is 49.6 Å². The molecule has 246 valence electrons. The van der Waals surface area contributed by atoms with Gasteiger partial charge >= 0.3 is 12.0 Å². The van der Waals surface area contributed by atoms with Gasteiger partial charge in [-0.25, -0.2) is 9.78 Å². The molecular formula is C36H47N5O5. The second kappa shape index (κ2) is 15.3. The van der Waals surface area contributed by atoms with E-state index in [0.717, 1.165) is 53.8 Å². The minimum absolute atomic E-state index is 0.0185. The van der Waals surface area contributed by atoms with Gasteiger partial charge in [0.05, 0.1) is 42.8 Å². The van der Waals surface area contributed by atoms with E-state index in [1.165, 1.54) is 6.42 Å². The number of imidazole rings is 1. The number of nitrogens with zero attached hydrogens (tertiary/aromatic N) is 2. The first-order chi connectivity index (χ1) is 22.4. The molecule has 10 heteroatoms. The number of carbonyl (C=O) groups is 3. The van der Waals surface area contributed by atoms with Gasteiger partial charge in [0.15, 0.2) is 0 Å². The second-order valence-corrected chi connectivity index (χ2v) is 12.4. The van der Waals surface area contributed by atoms with Crippen molar-refractivity contribution in [2.45, 2.75) is 71.1 Å². The third kappa shape index (κ3) is 7.37. The molecule has 1 atom stereocenters. The number of benzene rings is 2. The Balaban J connectivity index is 1.36. The normalized spacial score (nSPS) is 17.2. The summed E-state index contributed by atoms with van der Waals surface area (Å²) in [5.41, 5.74) is 3.35. The molecular weight excluding hydrogens is 582 g/mol. The Morgan fingerprint density at radius 1 is 1.07 bits per heavy atom. The molecule has 1 aliphatic heterocycles. The zero-order valence-corrected chi connectivity index (χ0v) is 27.3. The largest absolute Gasteiger partial charge is 0.497 e. The summed E-state index contributed by atoms with van der Waals surface area (Å²) in [5.74, 6) is 0.390. The number of aromatic nitrogens is 2. The lowest BCUT2D eigenvalue weighted by atomic mass is 9.63. The molecule has 1 saturated carbocycles. The maximum Gasteiger partial charge on any atom is 0.319 e. The van der Waals surface area contributed by atoms with Gasteiger partial charge in [-0.3, -0.25) is 9.59 Å². The van der Waals surface area contributed by atoms with E-state index in [1.54, 1.807) is 19.6 Å². The standard InChI is InChI=1S/C36H47N5O5/c1-4-46-34(43)36(27-9-6-5-7-10-27)18-21-41(22-19-36)33(42)25(2)30-11-8-12-31(26-13-15-29(45-3)16-14-26)32(30)40-35(44)38-20-17-28-23-37-24-39-28/h8,11-16,23-25,27H,4-7,9-10,17-22H2,1-3H3,(H,37,39)(H2,38,40,44). The number of ether oxygens (including phenoxy) is 2. The molecule has 46 heavy (non-hydrogen) atoms. The first kappa shape index (κ1) is 33.0. The predicted octanol–water partition coefficient (Wildman–Crippen LogP) is 6.31. The minimum Gasteiger partial charge on any atom is -0.497 e. The average Bonchev–Trinajstić information content (AvgIpc) is 3.62. The van der Waals surface area contributed by atoms with Crippen molar-refractivity contribution in [2.75, 3.05) is 38.7 Å². The molecule has 1 aliphatic carbocycles. The smallest absolute Gasteiger partial charge is 0.319 e. The number of carbonyl (C=O) groups excluding carboxylic acids is 3. The van der Waals surface area contributed by atoms with E-state index in [2.05, 4.69) is 20.6 Å². The number of para-hydroxylation sites is 1. The predicted molar refractivity (Wildman–Crippen MR) is 178 cm³/mol. The molecule has 2 aliphatic rings. The number of likely N-dealkylation sites (tertiary alicyclic amines) is 1. The van der Waals surface area contributed by atoms with E-state index in [1.807, 2.05) is 61.2 Å². The van der Waals surface area contributed by atoms with Crippen LogP contribution in [0, 0.1) is 11.3 Å². The summed E-state index contributed by atoms with van der Waals surface area (Å²) in [6, 6.07) is 13.0. The van der Waals surface area contributed by atoms with Gasteiger partial charge in [0.1, 0.15) is 5.75 Å². The summed E-state index contributed by atoms with van der Waals surface area (Å²) >= 11 is 0. The van der Waals surface area contributed by atoms with Gasteiger partial charge in [-0.15, -0.1) is 0 Å². The lowest BCUT2D eigenvalue weighted by Gasteiger charge is -2.46. The molecule has 1 saturated heterocycles. The van der Waals surface area contributed by atoms with Crippen molar-refractivity contribution in [2.24, 2.45) is 11.3 Å². The zero-order valence-electron chi connectivity index (χ0n) is 27.3. The summed E-state index contributed by atoms with van der Waals surface area (Å²) < 4.78 is 11.0. The fourth-order valence-corrected chi connectivity index (χ4v) is 7.21. The topological polar surface area (TPSA) is 126 Å². The van der Waals surface area contributed by atoms with Crippen LogP contribution in [0.15, 0.2) is 55.0 Å². The molecule has 1 unspecified atom stereocenters. The van der Waals surface area contributed by atoms with Gasteiger partial charge in [-0.05, 0) is 68.7 Å². The summed E-state index contributed by atoms with van der Waals surface area (Å²) in [6.45, 7) is 5.54. The van der Waals surface area contributed by atoms with E-state index in [4.69, 9.17) is 9.47 Å². The van der Waals surface area contributed by atoms with Gasteiger partial charge in [-0.2, -0.15) is 0 Å². The van der Waals surface area contributed by atoms with Crippen molar-refractivity contribution < 1.29 is 23.9 Å². The number of H-pyrrole nitrogens is 1. The fourth-order valence-electron chi connectivity index (χ4n) is 7.21. The highest BCUT2D eigenvalue weighted by Crippen LogP contribution is 2.47. The number of nitrogens with one attached hydrogen (secondary N) is 3. The molecule has 3 N–H and O–H groups in total. The van der Waals surface area contributed by atoms with Crippen LogP contribution in [0.3, 0.4) is 0 Å². The summed E-state index contributed by atoms with van der Waals surface area (Å²) in [6.07, 6.45) is 10.8. The number of amides is 3. The lowest BCUT2D eigenvalue weighted by molar-refractivity contribution is -0.166. The number of methoxy groups -OCH3 is 1. The van der Waals surface area contributed by atoms with Crippen molar-refractivity contribution >= 4 is 23.6 Å². The average molecular weight is 630 g/mol. The molecule has 5 rings (SSSR count). The molecule has 0 radical (unpaired) electrons. The first-order valence-electron chi connectivity index (χ1n) is 16.6. The number of urea groups is 1. The number of aromatic amines is 1. The SMILES string of the molecule is CCOC(=O)C1(C2CCCCC2)CCN(C(=O)C(C)c2cccc(-c3ccc(OC)cc3)c2NC(=O)NCCc2c[nH]cn2)CC1. The van der Waals surface area contributed by atoms with Crippen molar-refractivity contribution in [3.63, 3.8) is 0 Å². The van der Waals surface area contributed by atoms with Gasteiger partial charge in [0, 0.05) is 37.8 Å². The van der Waals surface area contributed by atoms with Crippen LogP contribution < -0.4 is 15.4 Å². The van der Waals surface area contributed by atoms with Crippen molar-refractivity contribution in [3.8, 4) is 16.9 Å². The molecule has 10 nitrogen and oxygen atoms in total. The molecule has 1 aromatic heterocycles. The maximum atomic E-state index is 14.1. The fraction of sp³-hybridized carbons (Fsp3) is 0.500. The number of esters is 1. The Morgan fingerprint density at radius 2 is 1.80 bits per heavy atom. The Kier molecular flexibility index (Phi) is 11.0. The highest BCUT2D eigenvalue weighted by Gasteiger charge is 2.49. The number of anilines is 1. The van der Waals surface area contributed by atoms with E-state index >= 15 is 0 Å². The minimum atomic E-state index is -0.526. The van der Waals surface area contributed by atoms with Gasteiger partial charge in [0.25, 0.3) is 0 Å². The number of hydrogen-bond acceptors (Lipinski definition) is 6.